The predicted molar refractivity (Wildman–Crippen MR) is 147 cm³/mol. The molecule has 0 radical (unpaired) electrons. The van der Waals surface area contributed by atoms with E-state index in [9.17, 15) is 19.8 Å². The lowest BCUT2D eigenvalue weighted by Gasteiger charge is -2.65. The lowest BCUT2D eigenvalue weighted by molar-refractivity contribution is -0.950. The van der Waals surface area contributed by atoms with Gasteiger partial charge in [0.25, 0.3) is 5.91 Å². The molecule has 3 aliphatic carbocycles. The number of nitrogens with zero attached hydrogens (tertiary/aromatic N) is 1. The Bertz CT molecular complexity index is 1490. The number of furan rings is 1. The SMILES string of the molecule is C[N+]1(CC2CC2)CCC23CC(=O)CC[C@@]2(O)[C@H]1Cc1ccc(C(=O)NCCc2ccc4occc4c2)c(O)c13. The van der Waals surface area contributed by atoms with Crippen LogP contribution in [0, 0.1) is 5.92 Å². The first kappa shape index (κ1) is 24.9. The van der Waals surface area contributed by atoms with E-state index in [4.69, 9.17) is 4.42 Å². The summed E-state index contributed by atoms with van der Waals surface area (Å²) < 4.78 is 6.23. The summed E-state index contributed by atoms with van der Waals surface area (Å²) in [7, 11) is 2.28. The third-order valence-corrected chi connectivity index (χ3v) is 10.5. The molecule has 1 aromatic heterocycles. The van der Waals surface area contributed by atoms with Crippen molar-refractivity contribution in [1.82, 2.24) is 5.32 Å². The van der Waals surface area contributed by atoms with Crippen molar-refractivity contribution in [1.29, 1.82) is 0 Å². The van der Waals surface area contributed by atoms with Crippen LogP contribution in [0.1, 0.15) is 65.6 Å². The van der Waals surface area contributed by atoms with Gasteiger partial charge in [-0.05, 0) is 61.1 Å². The van der Waals surface area contributed by atoms with Gasteiger partial charge in [0.05, 0.1) is 32.0 Å². The van der Waals surface area contributed by atoms with Crippen molar-refractivity contribution in [3.63, 3.8) is 0 Å². The van der Waals surface area contributed by atoms with Crippen LogP contribution in [0.15, 0.2) is 47.1 Å². The molecular formula is C32H37N2O5+. The van der Waals surface area contributed by atoms with E-state index >= 15 is 0 Å². The maximum Gasteiger partial charge on any atom is 0.255 e. The van der Waals surface area contributed by atoms with Crippen molar-refractivity contribution in [2.24, 2.45) is 5.92 Å². The van der Waals surface area contributed by atoms with Crippen LogP contribution in [0.4, 0.5) is 0 Å². The highest BCUT2D eigenvalue weighted by Gasteiger charge is 2.70. The molecule has 1 aliphatic heterocycles. The van der Waals surface area contributed by atoms with Gasteiger partial charge >= 0.3 is 0 Å². The summed E-state index contributed by atoms with van der Waals surface area (Å²) in [5, 5.41) is 28.1. The number of phenols is 1. The molecule has 2 saturated carbocycles. The standard InChI is InChI=1S/C32H36N2O5/c1-34(19-21-2-3-21)14-12-31-18-24(35)8-11-32(31,38)27(34)17-23-5-6-25(29(36)28(23)31)30(37)33-13-9-20-4-7-26-22(16-20)10-15-39-26/h4-7,10,15-16,21,27,38H,2-3,8-9,11-14,17-19H2,1H3,(H-,33,36,37)/p+1/t27-,31?,32-,34?/m1/s1. The van der Waals surface area contributed by atoms with Crippen LogP contribution in [0.5, 0.6) is 5.75 Å². The average molecular weight is 530 g/mol. The molecule has 1 amide bonds. The molecular weight excluding hydrogens is 492 g/mol. The number of Topliss-reactive ketones (excluding diaryl/α,β-unsaturated/α-hetero) is 1. The third-order valence-electron chi connectivity index (χ3n) is 10.5. The number of aliphatic hydroxyl groups is 1. The van der Waals surface area contributed by atoms with Crippen molar-refractivity contribution in [3.05, 3.63) is 64.9 Å². The van der Waals surface area contributed by atoms with E-state index in [0.29, 0.717) is 44.2 Å². The van der Waals surface area contributed by atoms with Crippen LogP contribution in [0.3, 0.4) is 0 Å². The van der Waals surface area contributed by atoms with E-state index in [1.165, 1.54) is 12.8 Å². The highest BCUT2D eigenvalue weighted by molar-refractivity contribution is 5.98. The minimum absolute atomic E-state index is 0.0147. The summed E-state index contributed by atoms with van der Waals surface area (Å²) in [6, 6.07) is 11.5. The molecule has 4 aliphatic rings. The fourth-order valence-electron chi connectivity index (χ4n) is 8.30. The zero-order valence-corrected chi connectivity index (χ0v) is 22.5. The summed E-state index contributed by atoms with van der Waals surface area (Å²) in [6.45, 7) is 2.35. The summed E-state index contributed by atoms with van der Waals surface area (Å²) in [4.78, 5) is 26.2. The van der Waals surface area contributed by atoms with Gasteiger partial charge in [-0.3, -0.25) is 9.59 Å². The first-order chi connectivity index (χ1) is 18.7. The Morgan fingerprint density at radius 3 is 2.85 bits per heavy atom. The van der Waals surface area contributed by atoms with E-state index in [1.807, 2.05) is 24.3 Å². The van der Waals surface area contributed by atoms with Gasteiger partial charge in [-0.2, -0.15) is 0 Å². The number of amides is 1. The summed E-state index contributed by atoms with van der Waals surface area (Å²) >= 11 is 0. The number of ketones is 1. The summed E-state index contributed by atoms with van der Waals surface area (Å²) in [5.74, 6) is 0.455. The number of piperidine rings is 1. The minimum atomic E-state index is -1.08. The molecule has 1 saturated heterocycles. The largest absolute Gasteiger partial charge is 0.507 e. The highest BCUT2D eigenvalue weighted by atomic mass is 16.3. The smallest absolute Gasteiger partial charge is 0.255 e. The number of quaternary nitrogens is 1. The Kier molecular flexibility index (Phi) is 5.52. The molecule has 2 aromatic carbocycles. The van der Waals surface area contributed by atoms with Gasteiger partial charge < -0.3 is 24.4 Å². The molecule has 4 atom stereocenters. The molecule has 3 aromatic rings. The normalized spacial score (nSPS) is 31.5. The monoisotopic (exact) mass is 529 g/mol. The van der Waals surface area contributed by atoms with Gasteiger partial charge in [-0.15, -0.1) is 0 Å². The van der Waals surface area contributed by atoms with Gasteiger partial charge in [0.2, 0.25) is 0 Å². The number of carbonyl (C=O) groups excluding carboxylic acids is 2. The van der Waals surface area contributed by atoms with E-state index in [2.05, 4.69) is 18.4 Å². The number of hydrogen-bond acceptors (Lipinski definition) is 5. The molecule has 3 fully saturated rings. The lowest BCUT2D eigenvalue weighted by atomic mass is 9.48. The van der Waals surface area contributed by atoms with Crippen LogP contribution < -0.4 is 5.32 Å². The Labute approximate surface area is 228 Å². The molecule has 204 valence electrons. The minimum Gasteiger partial charge on any atom is -0.507 e. The first-order valence-electron chi connectivity index (χ1n) is 14.4. The topological polar surface area (TPSA) is 99.8 Å². The highest BCUT2D eigenvalue weighted by Crippen LogP contribution is 2.61. The van der Waals surface area contributed by atoms with Crippen molar-refractivity contribution < 1.29 is 28.7 Å². The number of fused-ring (bicyclic) bond motifs is 2. The molecule has 39 heavy (non-hydrogen) atoms. The van der Waals surface area contributed by atoms with Crippen molar-refractivity contribution in [2.75, 3.05) is 26.7 Å². The molecule has 2 unspecified atom stereocenters. The van der Waals surface area contributed by atoms with Crippen LogP contribution in [-0.4, -0.2) is 64.7 Å². The van der Waals surface area contributed by atoms with Crippen LogP contribution in [-0.2, 0) is 23.1 Å². The zero-order valence-electron chi connectivity index (χ0n) is 22.5. The van der Waals surface area contributed by atoms with Crippen LogP contribution in [0.2, 0.25) is 0 Å². The van der Waals surface area contributed by atoms with Gasteiger partial charge in [0.1, 0.15) is 28.8 Å². The summed E-state index contributed by atoms with van der Waals surface area (Å²) in [6.07, 6.45) is 7.14. The number of likely N-dealkylation sites (N-methyl/N-ethyl adjacent to an activating group) is 1. The lowest BCUT2D eigenvalue weighted by Crippen LogP contribution is -2.78. The Morgan fingerprint density at radius 1 is 1.18 bits per heavy atom. The van der Waals surface area contributed by atoms with Gasteiger partial charge in [-0.25, -0.2) is 0 Å². The fourth-order valence-corrected chi connectivity index (χ4v) is 8.30. The van der Waals surface area contributed by atoms with E-state index in [-0.39, 0.29) is 35.5 Å². The number of likely N-dealkylation sites (tertiary alicyclic amines) is 1. The number of aromatic hydroxyl groups is 1. The zero-order chi connectivity index (χ0) is 27.0. The van der Waals surface area contributed by atoms with Crippen molar-refractivity contribution in [3.8, 4) is 5.75 Å². The molecule has 7 nitrogen and oxygen atoms in total. The third kappa shape index (κ3) is 3.77. The van der Waals surface area contributed by atoms with Crippen molar-refractivity contribution >= 4 is 22.7 Å². The number of carbonyl (C=O) groups is 2. The molecule has 2 bridgehead atoms. The summed E-state index contributed by atoms with van der Waals surface area (Å²) in [5.41, 5.74) is 1.83. The molecule has 7 heteroatoms. The quantitative estimate of drug-likeness (QED) is 0.419. The van der Waals surface area contributed by atoms with E-state index in [0.717, 1.165) is 45.6 Å². The molecule has 0 spiro atoms. The van der Waals surface area contributed by atoms with Gasteiger partial charge in [0, 0.05) is 54.5 Å². The van der Waals surface area contributed by atoms with Crippen LogP contribution in [0.25, 0.3) is 11.0 Å². The maximum atomic E-state index is 13.3. The Morgan fingerprint density at radius 2 is 2.03 bits per heavy atom. The van der Waals surface area contributed by atoms with Crippen molar-refractivity contribution in [2.45, 2.75) is 68.4 Å². The number of hydrogen-bond donors (Lipinski definition) is 3. The number of rotatable bonds is 6. The second kappa shape index (κ2) is 8.67. The van der Waals surface area contributed by atoms with E-state index in [1.54, 1.807) is 12.3 Å². The molecule has 3 N–H and O–H groups in total. The first-order valence-corrected chi connectivity index (χ1v) is 14.4. The molecule has 7 rings (SSSR count). The second-order valence-corrected chi connectivity index (χ2v) is 12.8. The van der Waals surface area contributed by atoms with Gasteiger partial charge in [-0.1, -0.05) is 12.1 Å². The average Bonchev–Trinajstić information content (AvgIpc) is 3.59. The maximum absolute atomic E-state index is 13.3. The number of benzene rings is 2. The Hall–Kier alpha value is -3.16. The molecule has 2 heterocycles. The van der Waals surface area contributed by atoms with Gasteiger partial charge in [0.15, 0.2) is 0 Å². The predicted octanol–water partition coefficient (Wildman–Crippen LogP) is 4.02. The second-order valence-electron chi connectivity index (χ2n) is 12.8. The number of nitrogens with one attached hydrogen (secondary N) is 1. The van der Waals surface area contributed by atoms with Crippen LogP contribution >= 0.6 is 0 Å². The fraction of sp³-hybridized carbons (Fsp3) is 0.500. The Balaban J connectivity index is 1.19. The van der Waals surface area contributed by atoms with E-state index < -0.39 is 11.0 Å². The number of phenolic OH excluding ortho intramolecular Hbond substituents is 1.